The minimum absolute atomic E-state index is 0.623. The van der Waals surface area contributed by atoms with E-state index in [4.69, 9.17) is 0 Å². The van der Waals surface area contributed by atoms with Crippen molar-refractivity contribution in [2.45, 2.75) is 196 Å². The molecule has 0 atom stereocenters. The van der Waals surface area contributed by atoms with Gasteiger partial charge in [-0.2, -0.15) is 0 Å². The molecule has 1 aromatic heterocycles. The predicted octanol–water partition coefficient (Wildman–Crippen LogP) is 13.5. The van der Waals surface area contributed by atoms with Crippen LogP contribution in [-0.2, 0) is 13.1 Å². The largest absolute Gasteiger partial charge is 0.243 e. The molecule has 0 saturated carbocycles. The summed E-state index contributed by atoms with van der Waals surface area (Å²) in [6.07, 6.45) is 51.1. The molecule has 0 aliphatic carbocycles. The Balaban J connectivity index is 2.02. The number of hydrogen-bond donors (Lipinski definition) is 0. The third-order valence-electron chi connectivity index (χ3n) is 10.5. The van der Waals surface area contributed by atoms with Crippen molar-refractivity contribution in [2.24, 2.45) is 0 Å². The maximum Gasteiger partial charge on any atom is 0.243 e. The van der Waals surface area contributed by atoms with E-state index in [0.29, 0.717) is 0 Å². The highest BCUT2D eigenvalue weighted by Gasteiger charge is 2.34. The molecule has 0 radical (unpaired) electrons. The van der Waals surface area contributed by atoms with E-state index in [-0.39, 0.29) is 0 Å². The Kier molecular flexibility index (Phi) is 27.8. The number of imidazole rings is 1. The standard InChI is InChI=1S/C41H85N2P2/c1-7-33-44(34-8-2,35-9-3)39-27-23-19-15-13-17-21-25-29-42-31-32-43(41-42)30-26-22-18-14-16-20-24-28-40-45(36-10-4,37-11-5)38-12-6/h31-32,41H,7-30,33-40H2,1-6H3/q+3. The molecule has 0 aliphatic heterocycles. The van der Waals surface area contributed by atoms with Gasteiger partial charge in [-0.1, -0.05) is 92.9 Å². The summed E-state index contributed by atoms with van der Waals surface area (Å²) in [7, 11) is -1.25. The van der Waals surface area contributed by atoms with Crippen LogP contribution in [0.2, 0.25) is 0 Å². The van der Waals surface area contributed by atoms with Crippen molar-refractivity contribution in [2.75, 3.05) is 49.3 Å². The van der Waals surface area contributed by atoms with Crippen molar-refractivity contribution in [3.63, 3.8) is 0 Å². The van der Waals surface area contributed by atoms with Gasteiger partial charge in [0.25, 0.3) is 0 Å². The topological polar surface area (TPSA) is 8.81 Å². The normalized spacial score (nSPS) is 12.4. The highest BCUT2D eigenvalue weighted by molar-refractivity contribution is 7.76. The summed E-state index contributed by atoms with van der Waals surface area (Å²) >= 11 is 0. The fourth-order valence-corrected chi connectivity index (χ4v) is 18.7. The van der Waals surface area contributed by atoms with Gasteiger partial charge in [-0.05, 0) is 89.9 Å². The number of aromatic nitrogens is 2. The van der Waals surface area contributed by atoms with Crippen molar-refractivity contribution < 1.29 is 4.57 Å². The molecule has 0 saturated heterocycles. The molecule has 0 amide bonds. The van der Waals surface area contributed by atoms with E-state index in [9.17, 15) is 0 Å². The molecular formula is C41H85N2P2+3. The first-order valence-corrected chi connectivity index (χ1v) is 25.8. The molecule has 1 aromatic rings. The van der Waals surface area contributed by atoms with Gasteiger partial charge < -0.3 is 0 Å². The van der Waals surface area contributed by atoms with E-state index in [1.165, 1.54) is 154 Å². The molecule has 0 spiro atoms. The van der Waals surface area contributed by atoms with Gasteiger partial charge in [0.2, 0.25) is 6.33 Å². The summed E-state index contributed by atoms with van der Waals surface area (Å²) in [5, 5.41) is 0. The SMILES string of the molecule is CCC[P+](CCC)(CCC)CCCCCCCCCCn1cc[n+](CCCCCCCCCC[P+](CCC)(CCC)CCC)c1. The number of nitrogens with zero attached hydrogens (tertiary/aromatic N) is 2. The van der Waals surface area contributed by atoms with Crippen LogP contribution in [0.5, 0.6) is 0 Å². The Hall–Kier alpha value is 0.0700. The fraction of sp³-hybridized carbons (Fsp3) is 0.927. The second kappa shape index (κ2) is 29.0. The second-order valence-electron chi connectivity index (χ2n) is 15.0. The highest BCUT2D eigenvalue weighted by Crippen LogP contribution is 2.61. The van der Waals surface area contributed by atoms with Crippen molar-refractivity contribution in [1.82, 2.24) is 4.57 Å². The number of unbranched alkanes of at least 4 members (excludes halogenated alkanes) is 14. The molecule has 0 aliphatic rings. The Morgan fingerprint density at radius 3 is 1.11 bits per heavy atom. The molecule has 4 heteroatoms. The number of aryl methyl sites for hydroxylation is 2. The van der Waals surface area contributed by atoms with Crippen molar-refractivity contribution in [3.05, 3.63) is 18.7 Å². The van der Waals surface area contributed by atoms with Gasteiger partial charge in [-0.15, -0.1) is 0 Å². The molecule has 0 unspecified atom stereocenters. The van der Waals surface area contributed by atoms with Gasteiger partial charge in [0.05, 0.1) is 62.4 Å². The summed E-state index contributed by atoms with van der Waals surface area (Å²) in [5.41, 5.74) is 0. The van der Waals surface area contributed by atoms with Crippen LogP contribution in [0.3, 0.4) is 0 Å². The van der Waals surface area contributed by atoms with Crippen LogP contribution in [0.1, 0.15) is 183 Å². The number of rotatable bonds is 34. The Bertz CT molecular complexity index is 666. The molecule has 0 N–H and O–H groups in total. The van der Waals surface area contributed by atoms with Crippen LogP contribution in [-0.4, -0.2) is 53.9 Å². The van der Waals surface area contributed by atoms with E-state index in [1.54, 1.807) is 49.3 Å². The highest BCUT2D eigenvalue weighted by atomic mass is 31.2. The van der Waals surface area contributed by atoms with Crippen molar-refractivity contribution in [3.8, 4) is 0 Å². The van der Waals surface area contributed by atoms with E-state index in [0.717, 1.165) is 0 Å². The molecule has 0 aromatic carbocycles. The lowest BCUT2D eigenvalue weighted by molar-refractivity contribution is -0.696. The minimum atomic E-state index is -0.623. The molecule has 45 heavy (non-hydrogen) atoms. The third kappa shape index (κ3) is 20.9. The van der Waals surface area contributed by atoms with Crippen molar-refractivity contribution in [1.29, 1.82) is 0 Å². The lowest BCUT2D eigenvalue weighted by atomic mass is 10.1. The summed E-state index contributed by atoms with van der Waals surface area (Å²) in [6.45, 7) is 16.9. The van der Waals surface area contributed by atoms with E-state index < -0.39 is 14.5 Å². The first-order valence-electron chi connectivity index (χ1n) is 20.8. The summed E-state index contributed by atoms with van der Waals surface area (Å²) in [6, 6.07) is 0. The van der Waals surface area contributed by atoms with Crippen LogP contribution >= 0.6 is 14.5 Å². The van der Waals surface area contributed by atoms with E-state index >= 15 is 0 Å². The minimum Gasteiger partial charge on any atom is -0.237 e. The second-order valence-corrected chi connectivity index (χ2v) is 24.0. The zero-order valence-electron chi connectivity index (χ0n) is 32.1. The zero-order chi connectivity index (χ0) is 32.9. The maximum atomic E-state index is 2.43. The van der Waals surface area contributed by atoms with Gasteiger partial charge >= 0.3 is 0 Å². The van der Waals surface area contributed by atoms with Crippen LogP contribution in [0, 0.1) is 0 Å². The van der Waals surface area contributed by atoms with Crippen molar-refractivity contribution >= 4 is 14.5 Å². The molecule has 0 bridgehead atoms. The average molecular weight is 668 g/mol. The lowest BCUT2D eigenvalue weighted by Gasteiger charge is -2.27. The van der Waals surface area contributed by atoms with Gasteiger partial charge in [-0.25, -0.2) is 9.13 Å². The van der Waals surface area contributed by atoms with Crippen LogP contribution in [0.25, 0.3) is 0 Å². The monoisotopic (exact) mass is 668 g/mol. The summed E-state index contributed by atoms with van der Waals surface area (Å²) in [4.78, 5) is 0. The van der Waals surface area contributed by atoms with Crippen LogP contribution in [0.15, 0.2) is 18.7 Å². The van der Waals surface area contributed by atoms with Gasteiger partial charge in [-0.3, -0.25) is 0 Å². The smallest absolute Gasteiger partial charge is 0.237 e. The van der Waals surface area contributed by atoms with E-state index in [2.05, 4.69) is 69.4 Å². The van der Waals surface area contributed by atoms with Crippen LogP contribution < -0.4 is 4.57 Å². The predicted molar refractivity (Wildman–Crippen MR) is 213 cm³/mol. The van der Waals surface area contributed by atoms with Gasteiger partial charge in [0.15, 0.2) is 0 Å². The first kappa shape index (κ1) is 43.1. The van der Waals surface area contributed by atoms with E-state index in [1.807, 2.05) is 0 Å². The quantitative estimate of drug-likeness (QED) is 0.0393. The third-order valence-corrected chi connectivity index (χ3v) is 21.4. The Morgan fingerprint density at radius 1 is 0.400 bits per heavy atom. The Labute approximate surface area is 286 Å². The maximum absolute atomic E-state index is 2.43. The molecule has 0 fully saturated rings. The molecule has 1 heterocycles. The lowest BCUT2D eigenvalue weighted by Crippen LogP contribution is -2.30. The molecule has 266 valence electrons. The Morgan fingerprint density at radius 2 is 0.733 bits per heavy atom. The molecular weight excluding hydrogens is 582 g/mol. The first-order chi connectivity index (χ1) is 22.0. The zero-order valence-corrected chi connectivity index (χ0v) is 33.9. The summed E-state index contributed by atoms with van der Waals surface area (Å²) < 4.78 is 4.85. The number of hydrogen-bond acceptors (Lipinski definition) is 0. The molecule has 1 rings (SSSR count). The van der Waals surface area contributed by atoms with Crippen LogP contribution in [0.4, 0.5) is 0 Å². The fourth-order valence-electron chi connectivity index (χ4n) is 8.50. The molecule has 2 nitrogen and oxygen atoms in total. The van der Waals surface area contributed by atoms with Gasteiger partial charge in [0, 0.05) is 14.5 Å². The average Bonchev–Trinajstić information content (AvgIpc) is 3.47. The summed E-state index contributed by atoms with van der Waals surface area (Å²) in [5.74, 6) is 0. The van der Waals surface area contributed by atoms with Gasteiger partial charge in [0.1, 0.15) is 12.4 Å².